The van der Waals surface area contributed by atoms with Crippen molar-refractivity contribution in [2.24, 2.45) is 10.7 Å². The summed E-state index contributed by atoms with van der Waals surface area (Å²) in [5.74, 6) is 1.86. The first kappa shape index (κ1) is 18.3. The number of aliphatic imine (C=N–C) groups is 1. The maximum absolute atomic E-state index is 5.97. The van der Waals surface area contributed by atoms with Crippen LogP contribution in [-0.2, 0) is 17.9 Å². The summed E-state index contributed by atoms with van der Waals surface area (Å²) in [7, 11) is 1.66. The van der Waals surface area contributed by atoms with Crippen molar-refractivity contribution < 1.29 is 14.2 Å². The van der Waals surface area contributed by atoms with Crippen molar-refractivity contribution in [1.29, 1.82) is 0 Å². The summed E-state index contributed by atoms with van der Waals surface area (Å²) in [5, 5.41) is 3.11. The second kappa shape index (κ2) is 8.74. The summed E-state index contributed by atoms with van der Waals surface area (Å²) >= 11 is 0. The topological polar surface area (TPSA) is 78.1 Å². The Morgan fingerprint density at radius 2 is 2.00 bits per heavy atom. The number of nitrogens with zero attached hydrogens (tertiary/aromatic N) is 1. The molecule has 128 valence electrons. The number of hydrogen-bond donors (Lipinski definition) is 2. The lowest BCUT2D eigenvalue weighted by Crippen LogP contribution is -2.23. The Kier molecular flexibility index (Phi) is 6.68. The molecule has 3 N–H and O–H groups in total. The van der Waals surface area contributed by atoms with E-state index < -0.39 is 0 Å². The van der Waals surface area contributed by atoms with Crippen molar-refractivity contribution in [3.63, 3.8) is 0 Å². The lowest BCUT2D eigenvalue weighted by molar-refractivity contribution is 0.174. The third-order valence-corrected chi connectivity index (χ3v) is 3.45. The van der Waals surface area contributed by atoms with E-state index in [2.05, 4.69) is 10.3 Å². The highest BCUT2D eigenvalue weighted by atomic mass is 127. The number of nitrogens with one attached hydrogen (secondary N) is 1. The Labute approximate surface area is 158 Å². The fourth-order valence-corrected chi connectivity index (χ4v) is 2.32. The Hall–Kier alpha value is -2.00. The van der Waals surface area contributed by atoms with Crippen LogP contribution in [0.5, 0.6) is 11.5 Å². The predicted molar refractivity (Wildman–Crippen MR) is 104 cm³/mol. The van der Waals surface area contributed by atoms with E-state index in [1.54, 1.807) is 7.11 Å². The average Bonchev–Trinajstić information content (AvgIpc) is 3.03. The lowest BCUT2D eigenvalue weighted by Gasteiger charge is -2.10. The van der Waals surface area contributed by atoms with Crippen molar-refractivity contribution in [1.82, 2.24) is 0 Å². The molecule has 0 spiro atoms. The van der Waals surface area contributed by atoms with Gasteiger partial charge in [-0.1, -0.05) is 24.3 Å². The van der Waals surface area contributed by atoms with Crippen LogP contribution in [-0.4, -0.2) is 19.9 Å². The van der Waals surface area contributed by atoms with Gasteiger partial charge in [-0.05, 0) is 23.8 Å². The third kappa shape index (κ3) is 4.51. The molecule has 0 atom stereocenters. The van der Waals surface area contributed by atoms with Crippen molar-refractivity contribution >= 4 is 35.6 Å². The molecule has 0 saturated heterocycles. The smallest absolute Gasteiger partial charge is 0.231 e. The van der Waals surface area contributed by atoms with Crippen molar-refractivity contribution in [3.8, 4) is 11.5 Å². The molecule has 24 heavy (non-hydrogen) atoms. The molecule has 0 aliphatic carbocycles. The molecule has 0 unspecified atom stereocenters. The number of halogens is 1. The van der Waals surface area contributed by atoms with E-state index >= 15 is 0 Å². The molecule has 1 aliphatic heterocycles. The van der Waals surface area contributed by atoms with Crippen LogP contribution < -0.4 is 20.5 Å². The zero-order valence-electron chi connectivity index (χ0n) is 13.3. The molecule has 1 aliphatic rings. The minimum Gasteiger partial charge on any atom is -0.454 e. The highest BCUT2D eigenvalue weighted by Crippen LogP contribution is 2.32. The molecule has 2 aromatic carbocycles. The second-order valence-electron chi connectivity index (χ2n) is 5.10. The highest BCUT2D eigenvalue weighted by Gasteiger charge is 2.12. The van der Waals surface area contributed by atoms with E-state index in [0.717, 1.165) is 28.3 Å². The molecular weight excluding hydrogens is 421 g/mol. The number of hydrogen-bond acceptors (Lipinski definition) is 4. The maximum Gasteiger partial charge on any atom is 0.231 e. The van der Waals surface area contributed by atoms with Crippen LogP contribution in [0, 0.1) is 0 Å². The van der Waals surface area contributed by atoms with Gasteiger partial charge in [0, 0.05) is 18.4 Å². The fourth-order valence-electron chi connectivity index (χ4n) is 2.32. The summed E-state index contributed by atoms with van der Waals surface area (Å²) in [6, 6.07) is 13.6. The maximum atomic E-state index is 5.97. The number of anilines is 1. The van der Waals surface area contributed by atoms with Gasteiger partial charge in [0.25, 0.3) is 0 Å². The van der Waals surface area contributed by atoms with Gasteiger partial charge in [-0.2, -0.15) is 0 Å². The zero-order valence-corrected chi connectivity index (χ0v) is 15.7. The van der Waals surface area contributed by atoms with Gasteiger partial charge in [0.1, 0.15) is 0 Å². The van der Waals surface area contributed by atoms with E-state index in [4.69, 9.17) is 19.9 Å². The minimum atomic E-state index is 0. The fraction of sp³-hybridized carbons (Fsp3) is 0.235. The summed E-state index contributed by atoms with van der Waals surface area (Å²) in [5.41, 5.74) is 8.89. The number of nitrogens with two attached hydrogens (primary N) is 1. The third-order valence-electron chi connectivity index (χ3n) is 3.45. The molecular formula is C17H20IN3O3. The van der Waals surface area contributed by atoms with Crippen LogP contribution in [0.3, 0.4) is 0 Å². The van der Waals surface area contributed by atoms with E-state index in [1.807, 2.05) is 42.5 Å². The first-order valence-corrected chi connectivity index (χ1v) is 7.28. The summed E-state index contributed by atoms with van der Waals surface area (Å²) < 4.78 is 15.8. The van der Waals surface area contributed by atoms with E-state index in [-0.39, 0.29) is 30.8 Å². The van der Waals surface area contributed by atoms with Crippen molar-refractivity contribution in [3.05, 3.63) is 53.6 Å². The van der Waals surface area contributed by atoms with Crippen LogP contribution in [0.15, 0.2) is 47.5 Å². The van der Waals surface area contributed by atoms with Gasteiger partial charge in [0.15, 0.2) is 17.5 Å². The molecule has 6 nitrogen and oxygen atoms in total. The molecule has 0 bridgehead atoms. The van der Waals surface area contributed by atoms with Crippen LogP contribution in [0.4, 0.5) is 5.69 Å². The minimum absolute atomic E-state index is 0. The number of rotatable bonds is 5. The number of benzene rings is 2. The zero-order chi connectivity index (χ0) is 16.1. The molecule has 7 heteroatoms. The SMILES string of the molecule is COCc1ccccc1NC(N)=NCc1ccc2c(c1)OCO2.I. The van der Waals surface area contributed by atoms with E-state index in [9.17, 15) is 0 Å². The van der Waals surface area contributed by atoms with Crippen molar-refractivity contribution in [2.75, 3.05) is 19.2 Å². The molecule has 3 rings (SSSR count). The average molecular weight is 441 g/mol. The Morgan fingerprint density at radius 3 is 2.83 bits per heavy atom. The van der Waals surface area contributed by atoms with Gasteiger partial charge in [-0.3, -0.25) is 0 Å². The van der Waals surface area contributed by atoms with Crippen LogP contribution in [0.1, 0.15) is 11.1 Å². The van der Waals surface area contributed by atoms with Gasteiger partial charge in [-0.15, -0.1) is 24.0 Å². The number of methoxy groups -OCH3 is 1. The predicted octanol–water partition coefficient (Wildman–Crippen LogP) is 3.11. The number of ether oxygens (including phenoxy) is 3. The Balaban J connectivity index is 0.00000208. The van der Waals surface area contributed by atoms with Crippen LogP contribution in [0.25, 0.3) is 0 Å². The lowest BCUT2D eigenvalue weighted by atomic mass is 10.2. The van der Waals surface area contributed by atoms with Gasteiger partial charge in [0.05, 0.1) is 13.2 Å². The Morgan fingerprint density at radius 1 is 1.21 bits per heavy atom. The molecule has 1 heterocycles. The number of guanidine groups is 1. The summed E-state index contributed by atoms with van der Waals surface area (Å²) in [4.78, 5) is 4.36. The normalized spacial score (nSPS) is 12.6. The molecule has 0 fully saturated rings. The first-order valence-electron chi connectivity index (χ1n) is 7.28. The second-order valence-corrected chi connectivity index (χ2v) is 5.10. The molecule has 0 radical (unpaired) electrons. The number of para-hydroxylation sites is 1. The monoisotopic (exact) mass is 441 g/mol. The summed E-state index contributed by atoms with van der Waals surface area (Å²) in [6.45, 7) is 1.24. The largest absolute Gasteiger partial charge is 0.454 e. The summed E-state index contributed by atoms with van der Waals surface area (Å²) in [6.07, 6.45) is 0. The van der Waals surface area contributed by atoms with E-state index in [0.29, 0.717) is 19.1 Å². The van der Waals surface area contributed by atoms with Crippen LogP contribution >= 0.6 is 24.0 Å². The van der Waals surface area contributed by atoms with Crippen molar-refractivity contribution in [2.45, 2.75) is 13.2 Å². The molecule has 2 aromatic rings. The standard InChI is InChI=1S/C17H19N3O3.HI/c1-21-10-13-4-2-3-5-14(13)20-17(18)19-9-12-6-7-15-16(8-12)23-11-22-15;/h2-8H,9-11H2,1H3,(H3,18,19,20);1H. The van der Waals surface area contributed by atoms with Gasteiger partial charge in [-0.25, -0.2) is 4.99 Å². The first-order chi connectivity index (χ1) is 11.3. The Bertz CT molecular complexity index is 722. The van der Waals surface area contributed by atoms with Gasteiger partial charge in [0.2, 0.25) is 6.79 Å². The van der Waals surface area contributed by atoms with Gasteiger partial charge < -0.3 is 25.3 Å². The molecule has 0 amide bonds. The molecule has 0 aromatic heterocycles. The van der Waals surface area contributed by atoms with Crippen LogP contribution in [0.2, 0.25) is 0 Å². The van der Waals surface area contributed by atoms with E-state index in [1.165, 1.54) is 0 Å². The number of fused-ring (bicyclic) bond motifs is 1. The quantitative estimate of drug-likeness (QED) is 0.424. The van der Waals surface area contributed by atoms with Gasteiger partial charge >= 0.3 is 0 Å². The highest BCUT2D eigenvalue weighted by molar-refractivity contribution is 14.0. The molecule has 0 saturated carbocycles.